The summed E-state index contributed by atoms with van der Waals surface area (Å²) in [5.74, 6) is 0.469. The maximum absolute atomic E-state index is 12.9. The van der Waals surface area contributed by atoms with Gasteiger partial charge in [0.05, 0.1) is 18.2 Å². The average Bonchev–Trinajstić information content (AvgIpc) is 3.08. The molecule has 0 spiro atoms. The van der Waals surface area contributed by atoms with E-state index in [1.165, 1.54) is 4.90 Å². The van der Waals surface area contributed by atoms with Crippen LogP contribution in [0.4, 0.5) is 4.79 Å². The molecule has 0 unspecified atom stereocenters. The Morgan fingerprint density at radius 3 is 2.44 bits per heavy atom. The number of benzene rings is 3. The van der Waals surface area contributed by atoms with Gasteiger partial charge in [0.15, 0.2) is 11.5 Å². The molecule has 0 aliphatic carbocycles. The number of nitrogens with one attached hydrogen (secondary N) is 1. The lowest BCUT2D eigenvalue weighted by molar-refractivity contribution is -0.123. The smallest absolute Gasteiger partial charge is 0.329 e. The van der Waals surface area contributed by atoms with Crippen molar-refractivity contribution in [1.29, 1.82) is 0 Å². The molecule has 1 saturated heterocycles. The molecule has 4 rings (SSSR count). The van der Waals surface area contributed by atoms with Crippen LogP contribution in [0.25, 0.3) is 6.08 Å². The number of hydrogen-bond donors (Lipinski definition) is 1. The lowest BCUT2D eigenvalue weighted by Gasteiger charge is -2.15. The van der Waals surface area contributed by atoms with E-state index in [1.807, 2.05) is 61.5 Å². The number of amides is 3. The third-order valence-corrected chi connectivity index (χ3v) is 5.89. The Labute approximate surface area is 211 Å². The van der Waals surface area contributed by atoms with Crippen molar-refractivity contribution in [1.82, 2.24) is 10.2 Å². The fourth-order valence-electron chi connectivity index (χ4n) is 3.46. The summed E-state index contributed by atoms with van der Waals surface area (Å²) in [5, 5.41) is 2.98. The molecular formula is C26H22BrClN2O4. The number of ether oxygens (including phenoxy) is 2. The van der Waals surface area contributed by atoms with Crippen LogP contribution in [0.3, 0.4) is 0 Å². The van der Waals surface area contributed by atoms with E-state index in [0.717, 1.165) is 15.6 Å². The minimum atomic E-state index is -0.467. The van der Waals surface area contributed by atoms with Gasteiger partial charge in [0.2, 0.25) is 0 Å². The van der Waals surface area contributed by atoms with E-state index >= 15 is 0 Å². The number of nitrogens with zero attached hydrogens (tertiary/aromatic N) is 1. The third-order valence-electron chi connectivity index (χ3n) is 5.08. The van der Waals surface area contributed by atoms with Crippen molar-refractivity contribution >= 4 is 45.5 Å². The molecule has 3 aromatic rings. The molecule has 1 fully saturated rings. The summed E-state index contributed by atoms with van der Waals surface area (Å²) < 4.78 is 12.7. The minimum absolute atomic E-state index is 0.169. The van der Waals surface area contributed by atoms with Crippen molar-refractivity contribution in [3.05, 3.63) is 98.6 Å². The summed E-state index contributed by atoms with van der Waals surface area (Å²) in [5.41, 5.74) is 2.62. The first-order valence-corrected chi connectivity index (χ1v) is 11.8. The molecule has 0 saturated carbocycles. The first-order chi connectivity index (χ1) is 16.4. The Morgan fingerprint density at radius 2 is 1.74 bits per heavy atom. The highest BCUT2D eigenvalue weighted by atomic mass is 79.9. The third kappa shape index (κ3) is 5.61. The summed E-state index contributed by atoms with van der Waals surface area (Å²) in [6.07, 6.45) is 1.58. The van der Waals surface area contributed by atoms with E-state index in [1.54, 1.807) is 18.2 Å². The Kier molecular flexibility index (Phi) is 7.55. The molecule has 8 heteroatoms. The van der Waals surface area contributed by atoms with Crippen LogP contribution in [-0.4, -0.2) is 23.4 Å². The van der Waals surface area contributed by atoms with Crippen molar-refractivity contribution in [2.75, 3.05) is 6.61 Å². The predicted octanol–water partition coefficient (Wildman–Crippen LogP) is 6.17. The van der Waals surface area contributed by atoms with Crippen molar-refractivity contribution < 1.29 is 19.1 Å². The number of halogens is 2. The highest BCUT2D eigenvalue weighted by molar-refractivity contribution is 9.10. The topological polar surface area (TPSA) is 67.9 Å². The summed E-state index contributed by atoms with van der Waals surface area (Å²) in [6, 6.07) is 20.1. The average molecular weight is 542 g/mol. The number of carbonyl (C=O) groups is 2. The second-order valence-electron chi connectivity index (χ2n) is 7.54. The molecule has 3 aromatic carbocycles. The normalized spacial score (nSPS) is 14.4. The largest absolute Gasteiger partial charge is 0.490 e. The molecule has 174 valence electrons. The zero-order valence-electron chi connectivity index (χ0n) is 18.4. The zero-order chi connectivity index (χ0) is 24.1. The Hall–Kier alpha value is -3.29. The highest BCUT2D eigenvalue weighted by Crippen LogP contribution is 2.38. The van der Waals surface area contributed by atoms with Crippen LogP contribution >= 0.6 is 27.5 Å². The Balaban J connectivity index is 1.55. The van der Waals surface area contributed by atoms with E-state index in [-0.39, 0.29) is 12.2 Å². The monoisotopic (exact) mass is 540 g/mol. The Bertz CT molecular complexity index is 1230. The molecule has 1 N–H and O–H groups in total. The molecule has 1 aliphatic rings. The first kappa shape index (κ1) is 23.9. The quantitative estimate of drug-likeness (QED) is 0.273. The lowest BCUT2D eigenvalue weighted by Crippen LogP contribution is -2.30. The molecule has 1 heterocycles. The number of imide groups is 1. The van der Waals surface area contributed by atoms with Crippen LogP contribution in [0.1, 0.15) is 23.6 Å². The summed E-state index contributed by atoms with van der Waals surface area (Å²) in [6.45, 7) is 2.78. The first-order valence-electron chi connectivity index (χ1n) is 10.7. The van der Waals surface area contributed by atoms with Gasteiger partial charge in [-0.3, -0.25) is 9.69 Å². The fraction of sp³-hybridized carbons (Fsp3) is 0.154. The van der Waals surface area contributed by atoms with Gasteiger partial charge < -0.3 is 14.8 Å². The van der Waals surface area contributed by atoms with Gasteiger partial charge in [-0.15, -0.1) is 0 Å². The summed E-state index contributed by atoms with van der Waals surface area (Å²) in [7, 11) is 0. The Morgan fingerprint density at radius 1 is 1.00 bits per heavy atom. The SMILES string of the molecule is CCOc1cc(/C=C2/NC(=O)N(Cc3ccccc3)C2=O)cc(Cl)c1OCc1ccc(Br)cc1. The van der Waals surface area contributed by atoms with Crippen LogP contribution in [0.5, 0.6) is 11.5 Å². The van der Waals surface area contributed by atoms with E-state index in [0.29, 0.717) is 35.3 Å². The van der Waals surface area contributed by atoms with Crippen LogP contribution in [0.15, 0.2) is 76.9 Å². The van der Waals surface area contributed by atoms with Gasteiger partial charge in [0, 0.05) is 4.47 Å². The molecule has 3 amide bonds. The van der Waals surface area contributed by atoms with Crippen molar-refractivity contribution in [3.8, 4) is 11.5 Å². The fourth-order valence-corrected chi connectivity index (χ4v) is 4.00. The molecule has 0 radical (unpaired) electrons. The minimum Gasteiger partial charge on any atom is -0.490 e. The van der Waals surface area contributed by atoms with Crippen LogP contribution < -0.4 is 14.8 Å². The van der Waals surface area contributed by atoms with Gasteiger partial charge in [-0.2, -0.15) is 0 Å². The molecule has 0 atom stereocenters. The van der Waals surface area contributed by atoms with Gasteiger partial charge in [0.25, 0.3) is 5.91 Å². The standard InChI is InChI=1S/C26H22BrClN2O4/c1-2-33-23-14-19(12-21(28)24(23)34-16-18-8-10-20(27)11-9-18)13-22-25(31)30(26(32)29-22)15-17-6-4-3-5-7-17/h3-14H,2,15-16H2,1H3,(H,29,32)/b22-13+. The summed E-state index contributed by atoms with van der Waals surface area (Å²) >= 11 is 9.94. The van der Waals surface area contributed by atoms with Crippen molar-refractivity contribution in [3.63, 3.8) is 0 Å². The van der Waals surface area contributed by atoms with Crippen LogP contribution in [0, 0.1) is 0 Å². The number of carbonyl (C=O) groups excluding carboxylic acids is 2. The van der Waals surface area contributed by atoms with Gasteiger partial charge in [-0.05, 0) is 54.0 Å². The van der Waals surface area contributed by atoms with Gasteiger partial charge in [-0.25, -0.2) is 4.79 Å². The lowest BCUT2D eigenvalue weighted by atomic mass is 10.1. The molecule has 1 aliphatic heterocycles. The molecular weight excluding hydrogens is 520 g/mol. The highest BCUT2D eigenvalue weighted by Gasteiger charge is 2.33. The van der Waals surface area contributed by atoms with Crippen molar-refractivity contribution in [2.24, 2.45) is 0 Å². The molecule has 0 aromatic heterocycles. The number of urea groups is 1. The van der Waals surface area contributed by atoms with E-state index in [4.69, 9.17) is 21.1 Å². The molecule has 34 heavy (non-hydrogen) atoms. The molecule has 6 nitrogen and oxygen atoms in total. The van der Waals surface area contributed by atoms with E-state index in [2.05, 4.69) is 21.2 Å². The second-order valence-corrected chi connectivity index (χ2v) is 8.87. The van der Waals surface area contributed by atoms with Crippen LogP contribution in [0.2, 0.25) is 5.02 Å². The van der Waals surface area contributed by atoms with E-state index in [9.17, 15) is 9.59 Å². The number of rotatable bonds is 8. The predicted molar refractivity (Wildman–Crippen MR) is 135 cm³/mol. The van der Waals surface area contributed by atoms with Gasteiger partial charge in [-0.1, -0.05) is 70.0 Å². The van der Waals surface area contributed by atoms with E-state index < -0.39 is 11.9 Å². The molecule has 0 bridgehead atoms. The van der Waals surface area contributed by atoms with Gasteiger partial charge >= 0.3 is 6.03 Å². The van der Waals surface area contributed by atoms with Crippen LogP contribution in [-0.2, 0) is 17.9 Å². The number of hydrogen-bond acceptors (Lipinski definition) is 4. The second kappa shape index (κ2) is 10.8. The van der Waals surface area contributed by atoms with Gasteiger partial charge in [0.1, 0.15) is 12.3 Å². The maximum Gasteiger partial charge on any atom is 0.329 e. The summed E-state index contributed by atoms with van der Waals surface area (Å²) in [4.78, 5) is 26.4. The maximum atomic E-state index is 12.9. The zero-order valence-corrected chi connectivity index (χ0v) is 20.7. The van der Waals surface area contributed by atoms with Crippen molar-refractivity contribution in [2.45, 2.75) is 20.1 Å².